The lowest BCUT2D eigenvalue weighted by Crippen LogP contribution is -2.42. The van der Waals surface area contributed by atoms with Gasteiger partial charge in [-0.25, -0.2) is 4.79 Å². The Morgan fingerprint density at radius 2 is 1.02 bits per heavy atom. The van der Waals surface area contributed by atoms with E-state index in [9.17, 15) is 38.1 Å². The Bertz CT molecular complexity index is 1770. The van der Waals surface area contributed by atoms with Crippen molar-refractivity contribution in [3.8, 4) is 17.2 Å². The van der Waals surface area contributed by atoms with Gasteiger partial charge < -0.3 is 35.2 Å². The maximum Gasteiger partial charge on any atom is 0.471 e. The Labute approximate surface area is 316 Å². The van der Waals surface area contributed by atoms with Crippen LogP contribution in [-0.2, 0) is 48.1 Å². The lowest BCUT2D eigenvalue weighted by molar-refractivity contribution is -0.185. The minimum Gasteiger partial charge on any atom is -0.506 e. The summed E-state index contributed by atoms with van der Waals surface area (Å²) >= 11 is 17.5. The number of aromatic hydroxyl groups is 3. The normalized spacial score (nSPS) is 15.9. The SMILES string of the molecule is CC(C)(C)OC(=O)N1CCc2ccc(Cl)c(O)c2CC1.O=C(N1CCc2ccc(Cl)c(O)c2CC1)C(F)(F)F.Oc1c(Cl)ccc2c1CCNCC2. The maximum atomic E-state index is 12.4. The van der Waals surface area contributed by atoms with E-state index >= 15 is 0 Å². The van der Waals surface area contributed by atoms with Crippen molar-refractivity contribution in [1.82, 2.24) is 15.1 Å². The lowest BCUT2D eigenvalue weighted by Gasteiger charge is -2.26. The predicted molar refractivity (Wildman–Crippen MR) is 195 cm³/mol. The van der Waals surface area contributed by atoms with Crippen LogP contribution < -0.4 is 5.32 Å². The number of benzene rings is 3. The molecule has 0 spiro atoms. The molecular weight excluding hydrogens is 746 g/mol. The van der Waals surface area contributed by atoms with Gasteiger partial charge in [-0.05, 0) is 113 Å². The topological polar surface area (TPSA) is 123 Å². The van der Waals surface area contributed by atoms with Gasteiger partial charge in [0.15, 0.2) is 0 Å². The van der Waals surface area contributed by atoms with Crippen LogP contribution in [0.1, 0.15) is 54.2 Å². The van der Waals surface area contributed by atoms with Crippen LogP contribution in [0.2, 0.25) is 15.1 Å². The van der Waals surface area contributed by atoms with Gasteiger partial charge in [-0.2, -0.15) is 13.2 Å². The van der Waals surface area contributed by atoms with Gasteiger partial charge in [0.1, 0.15) is 22.8 Å². The number of carbonyl (C=O) groups is 2. The highest BCUT2D eigenvalue weighted by Crippen LogP contribution is 2.34. The van der Waals surface area contributed by atoms with Crippen molar-refractivity contribution in [2.45, 2.75) is 71.1 Å². The first-order valence-electron chi connectivity index (χ1n) is 16.9. The Kier molecular flexibility index (Phi) is 13.9. The summed E-state index contributed by atoms with van der Waals surface area (Å²) in [6.07, 6.45) is -1.64. The number of amides is 2. The van der Waals surface area contributed by atoms with E-state index in [1.165, 1.54) is 11.6 Å². The van der Waals surface area contributed by atoms with Gasteiger partial charge in [0, 0.05) is 37.3 Å². The van der Waals surface area contributed by atoms with Crippen LogP contribution in [0.3, 0.4) is 0 Å². The zero-order chi connectivity index (χ0) is 38.4. The molecule has 3 heterocycles. The third-order valence-electron chi connectivity index (χ3n) is 8.86. The second-order valence-corrected chi connectivity index (χ2v) is 14.8. The molecule has 9 nitrogen and oxygen atoms in total. The molecule has 6 rings (SSSR count). The molecule has 4 N–H and O–H groups in total. The van der Waals surface area contributed by atoms with E-state index in [-0.39, 0.29) is 54.3 Å². The highest BCUT2D eigenvalue weighted by molar-refractivity contribution is 6.32. The quantitative estimate of drug-likeness (QED) is 0.185. The number of alkyl halides is 3. The molecule has 0 aliphatic carbocycles. The van der Waals surface area contributed by atoms with Crippen molar-refractivity contribution in [2.24, 2.45) is 0 Å². The summed E-state index contributed by atoms with van der Waals surface area (Å²) in [6, 6.07) is 10.5. The monoisotopic (exact) mass is 787 g/mol. The molecular formula is C37H43Cl3F3N3O6. The highest BCUT2D eigenvalue weighted by Gasteiger charge is 2.42. The number of ether oxygens (including phenoxy) is 1. The van der Waals surface area contributed by atoms with E-state index in [0.717, 1.165) is 53.1 Å². The first kappa shape index (κ1) is 41.2. The number of hydrogen-bond donors (Lipinski definition) is 4. The number of nitrogens with zero attached hydrogens (tertiary/aromatic N) is 2. The number of nitrogens with one attached hydrogen (secondary N) is 1. The van der Waals surface area contributed by atoms with Crippen LogP contribution >= 0.6 is 34.8 Å². The van der Waals surface area contributed by atoms with Gasteiger partial charge in [0.25, 0.3) is 0 Å². The zero-order valence-corrected chi connectivity index (χ0v) is 31.4. The van der Waals surface area contributed by atoms with E-state index in [2.05, 4.69) is 5.32 Å². The number of hydrogen-bond acceptors (Lipinski definition) is 7. The minimum atomic E-state index is -4.86. The Hall–Kier alpha value is -3.58. The summed E-state index contributed by atoms with van der Waals surface area (Å²) in [5.74, 6) is -1.55. The smallest absolute Gasteiger partial charge is 0.471 e. The summed E-state index contributed by atoms with van der Waals surface area (Å²) in [5.41, 5.74) is 4.84. The third-order valence-corrected chi connectivity index (χ3v) is 9.78. The molecule has 3 aromatic carbocycles. The van der Waals surface area contributed by atoms with Crippen molar-refractivity contribution in [3.05, 3.63) is 84.8 Å². The van der Waals surface area contributed by atoms with Crippen molar-refractivity contribution in [2.75, 3.05) is 39.3 Å². The summed E-state index contributed by atoms with van der Waals surface area (Å²) < 4.78 is 42.5. The summed E-state index contributed by atoms with van der Waals surface area (Å²) in [7, 11) is 0. The molecule has 52 heavy (non-hydrogen) atoms. The van der Waals surface area contributed by atoms with Gasteiger partial charge in [-0.1, -0.05) is 53.0 Å². The van der Waals surface area contributed by atoms with Crippen LogP contribution in [0.4, 0.5) is 18.0 Å². The largest absolute Gasteiger partial charge is 0.506 e. The van der Waals surface area contributed by atoms with E-state index in [1.807, 2.05) is 32.9 Å². The number of phenolic OH excluding ortho intramolecular Hbond substituents is 3. The van der Waals surface area contributed by atoms with Crippen LogP contribution in [0.25, 0.3) is 0 Å². The average Bonchev–Trinajstić information content (AvgIpc) is 3.55. The van der Waals surface area contributed by atoms with E-state index in [1.54, 1.807) is 23.1 Å². The Morgan fingerprint density at radius 3 is 1.48 bits per heavy atom. The molecule has 0 bridgehead atoms. The van der Waals surface area contributed by atoms with Gasteiger partial charge in [-0.3, -0.25) is 4.79 Å². The van der Waals surface area contributed by atoms with Gasteiger partial charge >= 0.3 is 18.2 Å². The zero-order valence-electron chi connectivity index (χ0n) is 29.2. The summed E-state index contributed by atoms with van der Waals surface area (Å²) in [4.78, 5) is 25.7. The fourth-order valence-corrected chi connectivity index (χ4v) is 6.70. The second-order valence-electron chi connectivity index (χ2n) is 13.6. The van der Waals surface area contributed by atoms with Gasteiger partial charge in [0.05, 0.1) is 15.1 Å². The summed E-state index contributed by atoms with van der Waals surface area (Å²) in [6.45, 7) is 8.45. The number of halogens is 6. The minimum absolute atomic E-state index is 0.0214. The molecule has 3 aromatic rings. The van der Waals surface area contributed by atoms with Crippen molar-refractivity contribution >= 4 is 46.8 Å². The van der Waals surface area contributed by atoms with Crippen molar-refractivity contribution in [3.63, 3.8) is 0 Å². The fraction of sp³-hybridized carbons (Fsp3) is 0.459. The summed E-state index contributed by atoms with van der Waals surface area (Å²) in [5, 5.41) is 33.8. The molecule has 0 radical (unpaired) electrons. The average molecular weight is 789 g/mol. The van der Waals surface area contributed by atoms with Crippen LogP contribution in [0, 0.1) is 0 Å². The molecule has 0 fully saturated rings. The third kappa shape index (κ3) is 10.7. The predicted octanol–water partition coefficient (Wildman–Crippen LogP) is 7.65. The van der Waals surface area contributed by atoms with Gasteiger partial charge in [0.2, 0.25) is 0 Å². The van der Waals surface area contributed by atoms with E-state index in [0.29, 0.717) is 41.5 Å². The lowest BCUT2D eigenvalue weighted by atomic mass is 10.0. The standard InChI is InChI=1S/C15H20ClNO3.C12H11ClF3NO2.C10H12ClNO/c1-15(2,3)20-14(19)17-8-6-10-4-5-12(16)13(18)11(10)7-9-17;13-9-2-1-7-3-5-17(11(19)12(14,15)16)6-4-8(7)10(9)18;11-9-2-1-7-3-5-12-6-4-8(7)10(9)13/h4-5,18H,6-9H2,1-3H3;1-2,18H,3-6H2;1-2,12-13H,3-6H2. The van der Waals surface area contributed by atoms with Crippen molar-refractivity contribution < 1.29 is 42.8 Å². The molecule has 0 atom stereocenters. The van der Waals surface area contributed by atoms with Crippen LogP contribution in [0.15, 0.2) is 36.4 Å². The van der Waals surface area contributed by atoms with E-state index < -0.39 is 17.7 Å². The molecule has 3 aliphatic heterocycles. The Morgan fingerprint density at radius 1 is 0.635 bits per heavy atom. The maximum absolute atomic E-state index is 12.4. The van der Waals surface area contributed by atoms with Gasteiger partial charge in [-0.15, -0.1) is 0 Å². The van der Waals surface area contributed by atoms with Crippen LogP contribution in [0.5, 0.6) is 17.2 Å². The van der Waals surface area contributed by atoms with Crippen LogP contribution in [-0.4, -0.2) is 88.2 Å². The second kappa shape index (κ2) is 17.5. The fourth-order valence-electron chi connectivity index (χ4n) is 6.17. The number of rotatable bonds is 0. The van der Waals surface area contributed by atoms with E-state index in [4.69, 9.17) is 39.5 Å². The molecule has 0 saturated carbocycles. The number of carbonyl (C=O) groups excluding carboxylic acids is 2. The first-order valence-corrected chi connectivity index (χ1v) is 18.0. The molecule has 15 heteroatoms. The number of phenols is 3. The molecule has 0 unspecified atom stereocenters. The molecule has 2 amide bonds. The number of fused-ring (bicyclic) bond motifs is 3. The molecule has 0 saturated heterocycles. The van der Waals surface area contributed by atoms with Crippen molar-refractivity contribution in [1.29, 1.82) is 0 Å². The molecule has 0 aromatic heterocycles. The first-order chi connectivity index (χ1) is 24.4. The molecule has 284 valence electrons. The molecule has 3 aliphatic rings. The highest BCUT2D eigenvalue weighted by atomic mass is 35.5. The Balaban J connectivity index is 0.000000178.